The normalized spacial score (nSPS) is 15.5. The first kappa shape index (κ1) is 19.3. The van der Waals surface area contributed by atoms with Crippen molar-refractivity contribution in [3.8, 4) is 0 Å². The number of hydrogen-bond acceptors (Lipinski definition) is 3. The van der Waals surface area contributed by atoms with Gasteiger partial charge in [0.25, 0.3) is 5.91 Å². The molecule has 3 rings (SSSR count). The third kappa shape index (κ3) is 3.79. The van der Waals surface area contributed by atoms with E-state index in [0.29, 0.717) is 17.8 Å². The maximum absolute atomic E-state index is 13.3. The van der Waals surface area contributed by atoms with Crippen LogP contribution in [0.1, 0.15) is 34.1 Å². The molecule has 0 saturated carbocycles. The Morgan fingerprint density at radius 1 is 1.42 bits per heavy atom. The molecule has 26 heavy (non-hydrogen) atoms. The second-order valence-electron chi connectivity index (χ2n) is 5.70. The molecule has 0 spiro atoms. The average Bonchev–Trinajstić information content (AvgIpc) is 3.17. The third-order valence-electron chi connectivity index (χ3n) is 4.17. The molecular formula is C16H15ClFIN4O2S. The van der Waals surface area contributed by atoms with Gasteiger partial charge in [-0.25, -0.2) is 9.18 Å². The Balaban J connectivity index is 1.88. The summed E-state index contributed by atoms with van der Waals surface area (Å²) in [7, 11) is 2.92. The largest absolute Gasteiger partial charge is 0.341 e. The van der Waals surface area contributed by atoms with E-state index >= 15 is 0 Å². The smallest absolute Gasteiger partial charge is 0.315 e. The predicted molar refractivity (Wildman–Crippen MR) is 109 cm³/mol. The summed E-state index contributed by atoms with van der Waals surface area (Å²) in [5.74, 6) is -0.849. The van der Waals surface area contributed by atoms with Crippen molar-refractivity contribution in [1.29, 1.82) is 0 Å². The Bertz CT molecular complexity index is 876. The average molecular weight is 509 g/mol. The van der Waals surface area contributed by atoms with Crippen LogP contribution in [0.15, 0.2) is 24.4 Å². The number of rotatable bonds is 4. The molecule has 1 aliphatic carbocycles. The van der Waals surface area contributed by atoms with Gasteiger partial charge < -0.3 is 16.0 Å². The van der Waals surface area contributed by atoms with Crippen LogP contribution in [0.25, 0.3) is 0 Å². The molecule has 1 aliphatic rings. The predicted octanol–water partition coefficient (Wildman–Crippen LogP) is 4.30. The molecule has 1 unspecified atom stereocenters. The number of fused-ring (bicyclic) bond motifs is 1. The van der Waals surface area contributed by atoms with Crippen LogP contribution in [-0.4, -0.2) is 23.0 Å². The van der Waals surface area contributed by atoms with E-state index in [2.05, 4.69) is 37.2 Å². The quantitative estimate of drug-likeness (QED) is 0.539. The number of urea groups is 1. The minimum absolute atomic E-state index is 0.0541. The molecule has 6 nitrogen and oxygen atoms in total. The lowest BCUT2D eigenvalue weighted by atomic mass is 10.1. The summed E-state index contributed by atoms with van der Waals surface area (Å²) in [4.78, 5) is 24.4. The number of benzene rings is 1. The number of hydrogen-bond donors (Lipinski definition) is 3. The highest BCUT2D eigenvalue weighted by Crippen LogP contribution is 2.38. The highest BCUT2D eigenvalue weighted by Gasteiger charge is 2.32. The minimum atomic E-state index is -0.542. The monoisotopic (exact) mass is 508 g/mol. The van der Waals surface area contributed by atoms with Crippen molar-refractivity contribution < 1.29 is 14.0 Å². The summed E-state index contributed by atoms with van der Waals surface area (Å²) in [6.45, 7) is 0. The van der Waals surface area contributed by atoms with Gasteiger partial charge in [0.15, 0.2) is 0 Å². The van der Waals surface area contributed by atoms with Crippen molar-refractivity contribution in [2.45, 2.75) is 18.9 Å². The summed E-state index contributed by atoms with van der Waals surface area (Å²) in [5, 5.41) is 8.13. The summed E-state index contributed by atoms with van der Waals surface area (Å²) in [6, 6.07) is 3.64. The molecule has 0 saturated heterocycles. The van der Waals surface area contributed by atoms with Crippen molar-refractivity contribution in [1.82, 2.24) is 14.6 Å². The zero-order valence-electron chi connectivity index (χ0n) is 13.6. The van der Waals surface area contributed by atoms with Crippen molar-refractivity contribution in [3.63, 3.8) is 0 Å². The van der Waals surface area contributed by atoms with Gasteiger partial charge in [0.1, 0.15) is 11.5 Å². The Labute approximate surface area is 171 Å². The van der Waals surface area contributed by atoms with Crippen LogP contribution in [-0.2, 0) is 6.42 Å². The molecule has 3 N–H and O–H groups in total. The molecule has 138 valence electrons. The Hall–Kier alpha value is -1.46. The lowest BCUT2D eigenvalue weighted by Gasteiger charge is -2.12. The summed E-state index contributed by atoms with van der Waals surface area (Å²) >= 11 is 7.87. The Kier molecular flexibility index (Phi) is 5.98. The van der Waals surface area contributed by atoms with Gasteiger partial charge in [-0.1, -0.05) is 11.6 Å². The molecule has 1 aromatic heterocycles. The van der Waals surface area contributed by atoms with Gasteiger partial charge in [-0.05, 0) is 42.2 Å². The lowest BCUT2D eigenvalue weighted by molar-refractivity contribution is 0.102. The van der Waals surface area contributed by atoms with E-state index in [-0.39, 0.29) is 23.0 Å². The van der Waals surface area contributed by atoms with Crippen LogP contribution in [0, 0.1) is 5.82 Å². The number of carbonyl (C=O) groups is 2. The van der Waals surface area contributed by atoms with Gasteiger partial charge in [0, 0.05) is 49.3 Å². The van der Waals surface area contributed by atoms with Crippen molar-refractivity contribution in [3.05, 3.63) is 52.1 Å². The van der Waals surface area contributed by atoms with Gasteiger partial charge in [0.05, 0.1) is 11.1 Å². The maximum Gasteiger partial charge on any atom is 0.315 e. The fourth-order valence-corrected chi connectivity index (χ4v) is 4.51. The molecule has 3 amide bonds. The number of aromatic nitrogens is 1. The summed E-state index contributed by atoms with van der Waals surface area (Å²) in [6.07, 6.45) is 3.28. The first-order valence-electron chi connectivity index (χ1n) is 7.72. The van der Waals surface area contributed by atoms with Crippen LogP contribution >= 0.6 is 41.9 Å². The first-order chi connectivity index (χ1) is 12.4. The lowest BCUT2D eigenvalue weighted by Crippen LogP contribution is -2.34. The Morgan fingerprint density at radius 2 is 2.19 bits per heavy atom. The summed E-state index contributed by atoms with van der Waals surface area (Å²) < 4.78 is 15.1. The van der Waals surface area contributed by atoms with Crippen LogP contribution in [0.2, 0.25) is 5.02 Å². The molecule has 2 aromatic rings. The van der Waals surface area contributed by atoms with Crippen LogP contribution in [0.3, 0.4) is 0 Å². The first-order valence-corrected chi connectivity index (χ1v) is 11.4. The molecule has 1 atom stereocenters. The zero-order valence-corrected chi connectivity index (χ0v) is 17.3. The van der Waals surface area contributed by atoms with Gasteiger partial charge in [-0.15, -0.1) is 0 Å². The van der Waals surface area contributed by atoms with Gasteiger partial charge in [-0.3, -0.25) is 8.77 Å². The summed E-state index contributed by atoms with van der Waals surface area (Å²) in [5.41, 5.74) is 2.77. The van der Waals surface area contributed by atoms with E-state index < -0.39 is 5.82 Å². The van der Waals surface area contributed by atoms with E-state index in [0.717, 1.165) is 17.5 Å². The number of amides is 3. The molecule has 1 aromatic carbocycles. The van der Waals surface area contributed by atoms with E-state index in [1.165, 1.54) is 27.3 Å². The molecule has 0 aliphatic heterocycles. The fourth-order valence-electron chi connectivity index (χ4n) is 2.98. The van der Waals surface area contributed by atoms with Crippen molar-refractivity contribution in [2.24, 2.45) is 0 Å². The highest BCUT2D eigenvalue weighted by molar-refractivity contribution is 14.2. The molecule has 0 radical (unpaired) electrons. The molecule has 10 heteroatoms. The molecular weight excluding hydrogens is 494 g/mol. The topological polar surface area (TPSA) is 75.2 Å². The zero-order chi connectivity index (χ0) is 18.8. The van der Waals surface area contributed by atoms with E-state index in [4.69, 9.17) is 11.6 Å². The second-order valence-corrected chi connectivity index (χ2v) is 7.82. The van der Waals surface area contributed by atoms with Crippen LogP contribution in [0.5, 0.6) is 0 Å². The highest BCUT2D eigenvalue weighted by atomic mass is 127. The second kappa shape index (κ2) is 8.05. The molecule has 0 bridgehead atoms. The van der Waals surface area contributed by atoms with Gasteiger partial charge in [0.2, 0.25) is 0 Å². The maximum atomic E-state index is 13.3. The third-order valence-corrected chi connectivity index (χ3v) is 6.17. The number of nitrogens with one attached hydrogen (secondary N) is 3. The Morgan fingerprint density at radius 3 is 2.85 bits per heavy atom. The van der Waals surface area contributed by atoms with E-state index in [9.17, 15) is 14.0 Å². The minimum Gasteiger partial charge on any atom is -0.341 e. The number of halogens is 3. The number of anilines is 1. The van der Waals surface area contributed by atoms with Crippen LogP contribution in [0.4, 0.5) is 14.9 Å². The standard InChI is InChI=1S/C16H15ClFIN4O2S/c1-20-16(25)22-13-5-3-9-10(13)7-23(26-19)14(9)15(24)21-8-2-4-12(18)11(17)6-8/h2,4,6-7,13H,3,5H2,1H3,(H,21,24)(H2,20,22,25). The fraction of sp³-hybridized carbons (Fsp3) is 0.250. The SMILES string of the molecule is CNC(=O)NC1CCc2c1cn(SI)c2C(=O)Nc1ccc(F)c(Cl)c1. The van der Waals surface area contributed by atoms with Crippen molar-refractivity contribution in [2.75, 3.05) is 12.4 Å². The molecule has 1 heterocycles. The number of carbonyl (C=O) groups excluding carboxylic acids is 2. The van der Waals surface area contributed by atoms with Gasteiger partial charge >= 0.3 is 6.03 Å². The van der Waals surface area contributed by atoms with E-state index in [1.807, 2.05) is 6.20 Å². The van der Waals surface area contributed by atoms with Crippen LogP contribution < -0.4 is 16.0 Å². The van der Waals surface area contributed by atoms with E-state index in [1.54, 1.807) is 11.0 Å². The molecule has 0 fully saturated rings. The van der Waals surface area contributed by atoms with Gasteiger partial charge in [-0.2, -0.15) is 0 Å². The number of nitrogens with zero attached hydrogens (tertiary/aromatic N) is 1. The van der Waals surface area contributed by atoms with Crippen molar-refractivity contribution >= 4 is 59.6 Å².